The summed E-state index contributed by atoms with van der Waals surface area (Å²) in [6, 6.07) is 2.24. The van der Waals surface area contributed by atoms with E-state index in [1.165, 1.54) is 6.33 Å². The first-order valence-corrected chi connectivity index (χ1v) is 6.41. The number of fused-ring (bicyclic) bond motifs is 1. The summed E-state index contributed by atoms with van der Waals surface area (Å²) in [6.07, 6.45) is 3.72. The number of hydrogen-bond acceptors (Lipinski definition) is 5. The second-order valence-electron chi connectivity index (χ2n) is 4.66. The summed E-state index contributed by atoms with van der Waals surface area (Å²) in [6.45, 7) is 2.22. The Labute approximate surface area is 110 Å². The van der Waals surface area contributed by atoms with Crippen LogP contribution in [0.2, 0.25) is 5.15 Å². The van der Waals surface area contributed by atoms with Gasteiger partial charge in [-0.1, -0.05) is 11.6 Å². The van der Waals surface area contributed by atoms with Crippen molar-refractivity contribution >= 4 is 23.2 Å². The standard InChI is InChI=1S/C11H15ClN6/c1-17-4-2-8(3-5-17)15-10-6-9(12)16-11-13-7-14-18(10)11/h6-8,15H,2-5H2,1H3. The number of nitrogens with one attached hydrogen (secondary N) is 1. The molecule has 0 saturated carbocycles. The van der Waals surface area contributed by atoms with Gasteiger partial charge in [0, 0.05) is 12.1 Å². The van der Waals surface area contributed by atoms with Crippen molar-refractivity contribution in [2.75, 3.05) is 25.5 Å². The Morgan fingerprint density at radius 2 is 2.17 bits per heavy atom. The first-order chi connectivity index (χ1) is 8.72. The van der Waals surface area contributed by atoms with Crippen molar-refractivity contribution in [3.05, 3.63) is 17.5 Å². The average molecular weight is 267 g/mol. The third-order valence-corrected chi connectivity index (χ3v) is 3.48. The molecule has 0 atom stereocenters. The van der Waals surface area contributed by atoms with E-state index >= 15 is 0 Å². The van der Waals surface area contributed by atoms with Crippen LogP contribution in [-0.4, -0.2) is 50.7 Å². The maximum atomic E-state index is 5.98. The molecule has 2 aromatic heterocycles. The minimum atomic E-state index is 0.436. The average Bonchev–Trinajstić information content (AvgIpc) is 2.80. The normalized spacial score (nSPS) is 18.3. The summed E-state index contributed by atoms with van der Waals surface area (Å²) in [4.78, 5) is 10.5. The Bertz CT molecular complexity index is 545. The lowest BCUT2D eigenvalue weighted by molar-refractivity contribution is 0.263. The highest BCUT2D eigenvalue weighted by atomic mass is 35.5. The molecular weight excluding hydrogens is 252 g/mol. The lowest BCUT2D eigenvalue weighted by atomic mass is 10.1. The number of piperidine rings is 1. The summed E-state index contributed by atoms with van der Waals surface area (Å²) in [7, 11) is 2.15. The summed E-state index contributed by atoms with van der Waals surface area (Å²) < 4.78 is 1.68. The molecule has 0 spiro atoms. The van der Waals surface area contributed by atoms with Gasteiger partial charge < -0.3 is 10.2 Å². The van der Waals surface area contributed by atoms with E-state index in [9.17, 15) is 0 Å². The number of likely N-dealkylation sites (tertiary alicyclic amines) is 1. The van der Waals surface area contributed by atoms with Crippen LogP contribution in [-0.2, 0) is 0 Å². The molecule has 0 bridgehead atoms. The Morgan fingerprint density at radius 1 is 1.39 bits per heavy atom. The minimum absolute atomic E-state index is 0.436. The maximum absolute atomic E-state index is 5.98. The van der Waals surface area contributed by atoms with Crippen LogP contribution < -0.4 is 5.32 Å². The second kappa shape index (κ2) is 4.70. The first-order valence-electron chi connectivity index (χ1n) is 6.04. The molecule has 1 aliphatic rings. The van der Waals surface area contributed by atoms with Gasteiger partial charge in [-0.3, -0.25) is 0 Å². The zero-order valence-electron chi connectivity index (χ0n) is 10.2. The highest BCUT2D eigenvalue weighted by molar-refractivity contribution is 6.29. The van der Waals surface area contributed by atoms with Crippen LogP contribution in [0.3, 0.4) is 0 Å². The fraction of sp³-hybridized carbons (Fsp3) is 0.545. The maximum Gasteiger partial charge on any atom is 0.255 e. The lowest BCUT2D eigenvalue weighted by Crippen LogP contribution is -2.37. The molecule has 1 aliphatic heterocycles. The molecule has 7 heteroatoms. The quantitative estimate of drug-likeness (QED) is 0.830. The van der Waals surface area contributed by atoms with Gasteiger partial charge in [-0.05, 0) is 33.0 Å². The van der Waals surface area contributed by atoms with E-state index < -0.39 is 0 Å². The van der Waals surface area contributed by atoms with Crippen molar-refractivity contribution in [2.45, 2.75) is 18.9 Å². The molecule has 0 aliphatic carbocycles. The molecule has 0 aromatic carbocycles. The number of aromatic nitrogens is 4. The molecular formula is C11H15ClN6. The molecule has 0 unspecified atom stereocenters. The molecule has 0 radical (unpaired) electrons. The van der Waals surface area contributed by atoms with Crippen LogP contribution in [0.15, 0.2) is 12.4 Å². The molecule has 3 heterocycles. The van der Waals surface area contributed by atoms with E-state index in [1.807, 2.05) is 0 Å². The van der Waals surface area contributed by atoms with Crippen molar-refractivity contribution in [3.63, 3.8) is 0 Å². The van der Waals surface area contributed by atoms with Crippen LogP contribution in [0.1, 0.15) is 12.8 Å². The van der Waals surface area contributed by atoms with Crippen LogP contribution in [0.25, 0.3) is 5.78 Å². The topological polar surface area (TPSA) is 58.3 Å². The van der Waals surface area contributed by atoms with Gasteiger partial charge in [0.05, 0.1) is 0 Å². The van der Waals surface area contributed by atoms with Gasteiger partial charge in [0.2, 0.25) is 0 Å². The van der Waals surface area contributed by atoms with Gasteiger partial charge in [-0.2, -0.15) is 19.6 Å². The molecule has 18 heavy (non-hydrogen) atoms. The summed E-state index contributed by atoms with van der Waals surface area (Å²) in [5, 5.41) is 8.07. The minimum Gasteiger partial charge on any atom is -0.367 e. The Hall–Kier alpha value is -1.40. The fourth-order valence-corrected chi connectivity index (χ4v) is 2.43. The molecule has 0 amide bonds. The first kappa shape index (κ1) is 11.7. The molecule has 1 fully saturated rings. The van der Waals surface area contributed by atoms with Gasteiger partial charge in [0.15, 0.2) is 0 Å². The third kappa shape index (κ3) is 2.26. The van der Waals surface area contributed by atoms with Gasteiger partial charge in [-0.25, -0.2) is 0 Å². The molecule has 3 rings (SSSR count). The van der Waals surface area contributed by atoms with Gasteiger partial charge in [0.25, 0.3) is 5.78 Å². The van der Waals surface area contributed by atoms with E-state index in [0.717, 1.165) is 31.7 Å². The summed E-state index contributed by atoms with van der Waals surface area (Å²) in [5.74, 6) is 1.38. The molecule has 6 nitrogen and oxygen atoms in total. The predicted molar refractivity (Wildman–Crippen MR) is 69.9 cm³/mol. The molecule has 1 saturated heterocycles. The van der Waals surface area contributed by atoms with Crippen LogP contribution in [0, 0.1) is 0 Å². The second-order valence-corrected chi connectivity index (χ2v) is 5.05. The monoisotopic (exact) mass is 266 g/mol. The summed E-state index contributed by atoms with van der Waals surface area (Å²) >= 11 is 5.98. The summed E-state index contributed by atoms with van der Waals surface area (Å²) in [5.41, 5.74) is 0. The van der Waals surface area contributed by atoms with Crippen molar-refractivity contribution in [2.24, 2.45) is 0 Å². The van der Waals surface area contributed by atoms with E-state index in [0.29, 0.717) is 17.0 Å². The zero-order valence-corrected chi connectivity index (χ0v) is 10.9. The van der Waals surface area contributed by atoms with E-state index in [1.54, 1.807) is 10.6 Å². The Balaban J connectivity index is 1.83. The highest BCUT2D eigenvalue weighted by Crippen LogP contribution is 2.18. The number of rotatable bonds is 2. The molecule has 2 aromatic rings. The number of halogens is 1. The predicted octanol–water partition coefficient (Wildman–Crippen LogP) is 1.28. The van der Waals surface area contributed by atoms with Crippen molar-refractivity contribution in [1.29, 1.82) is 0 Å². The highest BCUT2D eigenvalue weighted by Gasteiger charge is 2.18. The largest absolute Gasteiger partial charge is 0.367 e. The van der Waals surface area contributed by atoms with Crippen LogP contribution in [0.5, 0.6) is 0 Å². The van der Waals surface area contributed by atoms with Crippen molar-refractivity contribution in [1.82, 2.24) is 24.5 Å². The van der Waals surface area contributed by atoms with Crippen LogP contribution >= 0.6 is 11.6 Å². The molecule has 96 valence electrons. The van der Waals surface area contributed by atoms with E-state index in [2.05, 4.69) is 32.3 Å². The smallest absolute Gasteiger partial charge is 0.255 e. The number of anilines is 1. The third-order valence-electron chi connectivity index (χ3n) is 3.29. The number of nitrogens with zero attached hydrogens (tertiary/aromatic N) is 5. The van der Waals surface area contributed by atoms with Gasteiger partial charge in [-0.15, -0.1) is 0 Å². The van der Waals surface area contributed by atoms with Gasteiger partial charge in [0.1, 0.15) is 17.3 Å². The molecule has 1 N–H and O–H groups in total. The fourth-order valence-electron chi connectivity index (χ4n) is 2.25. The SMILES string of the molecule is CN1CCC(Nc2cc(Cl)nc3ncnn23)CC1. The van der Waals surface area contributed by atoms with E-state index in [-0.39, 0.29) is 0 Å². The van der Waals surface area contributed by atoms with E-state index in [4.69, 9.17) is 11.6 Å². The number of hydrogen-bond donors (Lipinski definition) is 1. The zero-order chi connectivity index (χ0) is 12.5. The van der Waals surface area contributed by atoms with Crippen LogP contribution in [0.4, 0.5) is 5.82 Å². The van der Waals surface area contributed by atoms with Crippen molar-refractivity contribution < 1.29 is 0 Å². The Kier molecular flexibility index (Phi) is 3.05. The van der Waals surface area contributed by atoms with Crippen molar-refractivity contribution in [3.8, 4) is 0 Å². The van der Waals surface area contributed by atoms with Gasteiger partial charge >= 0.3 is 0 Å². The lowest BCUT2D eigenvalue weighted by Gasteiger charge is -2.30. The Morgan fingerprint density at radius 3 is 2.94 bits per heavy atom.